The van der Waals surface area contributed by atoms with Gasteiger partial charge in [0.15, 0.2) is 0 Å². The molecule has 0 bridgehead atoms. The molecule has 1 rings (SSSR count). The molecule has 92 valence electrons. The van der Waals surface area contributed by atoms with E-state index in [0.717, 1.165) is 19.5 Å². The van der Waals surface area contributed by atoms with Crippen LogP contribution >= 0.6 is 11.3 Å². The minimum absolute atomic E-state index is 0.00258. The van der Waals surface area contributed by atoms with E-state index in [1.807, 2.05) is 11.6 Å². The number of nitrogens with one attached hydrogen (secondary N) is 1. The Labute approximate surface area is 102 Å². The van der Waals surface area contributed by atoms with Gasteiger partial charge in [0.1, 0.15) is 0 Å². The summed E-state index contributed by atoms with van der Waals surface area (Å²) in [7, 11) is 0. The average molecular weight is 242 g/mol. The van der Waals surface area contributed by atoms with E-state index in [1.165, 1.54) is 5.01 Å². The summed E-state index contributed by atoms with van der Waals surface area (Å²) in [6.45, 7) is 8.41. The van der Waals surface area contributed by atoms with Crippen molar-refractivity contribution in [3.05, 3.63) is 16.6 Å². The molecule has 0 aliphatic carbocycles. The van der Waals surface area contributed by atoms with Crippen molar-refractivity contribution in [3.8, 4) is 0 Å². The fourth-order valence-corrected chi connectivity index (χ4v) is 2.15. The molecule has 1 heterocycles. The predicted molar refractivity (Wildman–Crippen MR) is 68.9 cm³/mol. The van der Waals surface area contributed by atoms with Crippen LogP contribution in [0.2, 0.25) is 0 Å². The van der Waals surface area contributed by atoms with Crippen molar-refractivity contribution >= 4 is 11.3 Å². The highest BCUT2D eigenvalue weighted by atomic mass is 32.1. The van der Waals surface area contributed by atoms with E-state index >= 15 is 0 Å². The van der Waals surface area contributed by atoms with Gasteiger partial charge in [-0.1, -0.05) is 20.8 Å². The second-order valence-corrected chi connectivity index (χ2v) is 5.65. The Morgan fingerprint density at radius 3 is 2.88 bits per heavy atom. The summed E-state index contributed by atoms with van der Waals surface area (Å²) >= 11 is 1.70. The number of aliphatic hydroxyl groups excluding tert-OH is 1. The lowest BCUT2D eigenvalue weighted by Gasteiger charge is -2.26. The highest BCUT2D eigenvalue weighted by Crippen LogP contribution is 2.20. The molecule has 0 saturated heterocycles. The van der Waals surface area contributed by atoms with E-state index < -0.39 is 0 Å². The summed E-state index contributed by atoms with van der Waals surface area (Å²) in [5, 5.41) is 15.9. The van der Waals surface area contributed by atoms with Crippen LogP contribution in [0.3, 0.4) is 0 Å². The van der Waals surface area contributed by atoms with Gasteiger partial charge >= 0.3 is 0 Å². The Morgan fingerprint density at radius 1 is 1.62 bits per heavy atom. The molecule has 1 aromatic heterocycles. The van der Waals surface area contributed by atoms with Crippen LogP contribution in [0.5, 0.6) is 0 Å². The highest BCUT2D eigenvalue weighted by Gasteiger charge is 2.20. The Balaban J connectivity index is 2.30. The van der Waals surface area contributed by atoms with Gasteiger partial charge in [0.2, 0.25) is 0 Å². The molecule has 0 radical (unpaired) electrons. The van der Waals surface area contributed by atoms with Crippen LogP contribution in [0.25, 0.3) is 0 Å². The molecule has 2 N–H and O–H groups in total. The van der Waals surface area contributed by atoms with Gasteiger partial charge in [-0.15, -0.1) is 11.3 Å². The van der Waals surface area contributed by atoms with E-state index in [0.29, 0.717) is 5.92 Å². The number of aromatic nitrogens is 1. The summed E-state index contributed by atoms with van der Waals surface area (Å²) in [4.78, 5) is 4.30. The SMILES string of the molecule is CCC(C)(CO)CNCC(C)c1nccs1. The molecule has 0 saturated carbocycles. The van der Waals surface area contributed by atoms with Gasteiger partial charge in [0, 0.05) is 42.6 Å². The van der Waals surface area contributed by atoms with Crippen molar-refractivity contribution in [1.29, 1.82) is 0 Å². The number of nitrogens with zero attached hydrogens (tertiary/aromatic N) is 1. The van der Waals surface area contributed by atoms with E-state index in [2.05, 4.69) is 31.1 Å². The number of hydrogen-bond donors (Lipinski definition) is 2. The van der Waals surface area contributed by atoms with Crippen molar-refractivity contribution in [1.82, 2.24) is 10.3 Å². The molecule has 2 atom stereocenters. The zero-order chi connectivity index (χ0) is 12.0. The predicted octanol–water partition coefficient (Wildman–Crippen LogP) is 2.24. The standard InChI is InChI=1S/C12H22N2OS/c1-4-12(3,9-15)8-13-7-10(2)11-14-5-6-16-11/h5-6,10,13,15H,4,7-9H2,1-3H3. The summed E-state index contributed by atoms with van der Waals surface area (Å²) in [6, 6.07) is 0. The van der Waals surface area contributed by atoms with Gasteiger partial charge in [-0.05, 0) is 6.42 Å². The monoisotopic (exact) mass is 242 g/mol. The molecule has 2 unspecified atom stereocenters. The van der Waals surface area contributed by atoms with E-state index in [-0.39, 0.29) is 12.0 Å². The van der Waals surface area contributed by atoms with Gasteiger partial charge in [-0.25, -0.2) is 4.98 Å². The van der Waals surface area contributed by atoms with Crippen molar-refractivity contribution in [2.75, 3.05) is 19.7 Å². The lowest BCUT2D eigenvalue weighted by atomic mass is 9.88. The molecule has 3 nitrogen and oxygen atoms in total. The fraction of sp³-hybridized carbons (Fsp3) is 0.750. The Kier molecular flexibility index (Phi) is 5.38. The average Bonchev–Trinajstić information content (AvgIpc) is 2.82. The number of thiazole rings is 1. The summed E-state index contributed by atoms with van der Waals surface area (Å²) in [5.41, 5.74) is 0.00258. The third-order valence-corrected chi connectivity index (χ3v) is 4.12. The van der Waals surface area contributed by atoms with Crippen molar-refractivity contribution in [3.63, 3.8) is 0 Å². The Morgan fingerprint density at radius 2 is 2.38 bits per heavy atom. The van der Waals surface area contributed by atoms with Crippen LogP contribution < -0.4 is 5.32 Å². The van der Waals surface area contributed by atoms with E-state index in [9.17, 15) is 5.11 Å². The lowest BCUT2D eigenvalue weighted by molar-refractivity contribution is 0.135. The molecular formula is C12H22N2OS. The number of rotatable bonds is 7. The topological polar surface area (TPSA) is 45.1 Å². The van der Waals surface area contributed by atoms with Crippen LogP contribution in [0.15, 0.2) is 11.6 Å². The molecular weight excluding hydrogens is 220 g/mol. The zero-order valence-electron chi connectivity index (χ0n) is 10.4. The molecule has 0 aliphatic heterocycles. The van der Waals surface area contributed by atoms with Crippen molar-refractivity contribution < 1.29 is 5.11 Å². The third kappa shape index (κ3) is 3.85. The first-order chi connectivity index (χ1) is 7.61. The van der Waals surface area contributed by atoms with Crippen molar-refractivity contribution in [2.24, 2.45) is 5.41 Å². The number of hydrogen-bond acceptors (Lipinski definition) is 4. The fourth-order valence-electron chi connectivity index (χ4n) is 1.45. The largest absolute Gasteiger partial charge is 0.396 e. The van der Waals surface area contributed by atoms with Gasteiger partial charge in [-0.2, -0.15) is 0 Å². The Bertz CT molecular complexity index is 283. The lowest BCUT2D eigenvalue weighted by Crippen LogP contribution is -2.36. The number of aliphatic hydroxyl groups is 1. The molecule has 16 heavy (non-hydrogen) atoms. The van der Waals surface area contributed by atoms with Crippen LogP contribution in [0, 0.1) is 5.41 Å². The first-order valence-corrected chi connectivity index (χ1v) is 6.70. The van der Waals surface area contributed by atoms with Gasteiger partial charge in [0.05, 0.1) is 5.01 Å². The maximum absolute atomic E-state index is 9.28. The maximum atomic E-state index is 9.28. The van der Waals surface area contributed by atoms with Gasteiger partial charge in [0.25, 0.3) is 0 Å². The molecule has 0 fully saturated rings. The summed E-state index contributed by atoms with van der Waals surface area (Å²) in [5.74, 6) is 0.444. The molecule has 0 amide bonds. The first kappa shape index (κ1) is 13.6. The Hall–Kier alpha value is -0.450. The second-order valence-electron chi connectivity index (χ2n) is 4.72. The third-order valence-electron chi connectivity index (χ3n) is 3.11. The molecule has 4 heteroatoms. The van der Waals surface area contributed by atoms with E-state index in [1.54, 1.807) is 11.3 Å². The molecule has 0 spiro atoms. The quantitative estimate of drug-likeness (QED) is 0.771. The van der Waals surface area contributed by atoms with E-state index in [4.69, 9.17) is 0 Å². The molecule has 1 aromatic rings. The first-order valence-electron chi connectivity index (χ1n) is 5.82. The summed E-state index contributed by atoms with van der Waals surface area (Å²) < 4.78 is 0. The van der Waals surface area contributed by atoms with Crippen molar-refractivity contribution in [2.45, 2.75) is 33.1 Å². The normalized spacial score (nSPS) is 17.0. The minimum Gasteiger partial charge on any atom is -0.396 e. The second kappa shape index (κ2) is 6.33. The van der Waals surface area contributed by atoms with Gasteiger partial charge in [-0.3, -0.25) is 0 Å². The molecule has 0 aliphatic rings. The highest BCUT2D eigenvalue weighted by molar-refractivity contribution is 7.09. The van der Waals surface area contributed by atoms with Crippen LogP contribution in [0.4, 0.5) is 0 Å². The minimum atomic E-state index is 0.00258. The van der Waals surface area contributed by atoms with Crippen LogP contribution in [-0.4, -0.2) is 29.8 Å². The van der Waals surface area contributed by atoms with Crippen LogP contribution in [0.1, 0.15) is 38.1 Å². The van der Waals surface area contributed by atoms with Crippen LogP contribution in [-0.2, 0) is 0 Å². The smallest absolute Gasteiger partial charge is 0.0965 e. The van der Waals surface area contributed by atoms with Gasteiger partial charge < -0.3 is 10.4 Å². The maximum Gasteiger partial charge on any atom is 0.0965 e. The summed E-state index contributed by atoms with van der Waals surface area (Å²) in [6.07, 6.45) is 2.84. The molecule has 0 aromatic carbocycles. The zero-order valence-corrected chi connectivity index (χ0v) is 11.2.